The molecule has 1 aromatic rings. The maximum atomic E-state index is 5.98. The monoisotopic (exact) mass is 478 g/mol. The standard InChI is InChI=1S/C18H30N4OS.HI/c1-5-12-11-21-14(24-12)8-9-20-17(19-4)22-15-13-7-6-10-23-16(13)18(15,2)3;/h11,13,15-16H,5-10H2,1-4H3,(H2,19,20,22);1H. The second-order valence-electron chi connectivity index (χ2n) is 7.36. The Balaban J connectivity index is 0.00000225. The second-order valence-corrected chi connectivity index (χ2v) is 8.56. The normalized spacial score (nSPS) is 27.7. The molecule has 0 spiro atoms. The minimum Gasteiger partial charge on any atom is -0.377 e. The molecular weight excluding hydrogens is 447 g/mol. The molecule has 1 saturated carbocycles. The van der Waals surface area contributed by atoms with Crippen molar-refractivity contribution in [3.05, 3.63) is 16.1 Å². The van der Waals surface area contributed by atoms with Gasteiger partial charge in [-0.15, -0.1) is 35.3 Å². The summed E-state index contributed by atoms with van der Waals surface area (Å²) in [6.07, 6.45) is 6.81. The summed E-state index contributed by atoms with van der Waals surface area (Å²) < 4.78 is 5.98. The van der Waals surface area contributed by atoms with Gasteiger partial charge in [-0.3, -0.25) is 4.99 Å². The highest BCUT2D eigenvalue weighted by atomic mass is 127. The van der Waals surface area contributed by atoms with E-state index >= 15 is 0 Å². The van der Waals surface area contributed by atoms with Crippen molar-refractivity contribution in [3.63, 3.8) is 0 Å². The van der Waals surface area contributed by atoms with E-state index in [1.165, 1.54) is 22.7 Å². The number of rotatable bonds is 5. The number of nitrogens with one attached hydrogen (secondary N) is 2. The quantitative estimate of drug-likeness (QED) is 0.388. The molecule has 1 aromatic heterocycles. The summed E-state index contributed by atoms with van der Waals surface area (Å²) >= 11 is 1.81. The van der Waals surface area contributed by atoms with Gasteiger partial charge in [-0.2, -0.15) is 0 Å². The smallest absolute Gasteiger partial charge is 0.191 e. The number of aliphatic imine (C=N–C) groups is 1. The number of ether oxygens (including phenoxy) is 1. The van der Waals surface area contributed by atoms with Gasteiger partial charge in [0.15, 0.2) is 5.96 Å². The molecule has 5 nitrogen and oxygen atoms in total. The van der Waals surface area contributed by atoms with E-state index in [-0.39, 0.29) is 29.4 Å². The Morgan fingerprint density at radius 3 is 2.96 bits per heavy atom. The third-order valence-electron chi connectivity index (χ3n) is 5.43. The van der Waals surface area contributed by atoms with E-state index in [0.717, 1.165) is 32.0 Å². The molecule has 1 aliphatic heterocycles. The van der Waals surface area contributed by atoms with Crippen molar-refractivity contribution in [2.24, 2.45) is 16.3 Å². The predicted molar refractivity (Wildman–Crippen MR) is 115 cm³/mol. The summed E-state index contributed by atoms with van der Waals surface area (Å²) in [5, 5.41) is 8.27. The second kappa shape index (κ2) is 8.99. The Hall–Kier alpha value is -0.410. The molecular formula is C18H31IN4OS. The average Bonchev–Trinajstić information content (AvgIpc) is 3.05. The van der Waals surface area contributed by atoms with Gasteiger partial charge >= 0.3 is 0 Å². The first-order valence-corrected chi connectivity index (χ1v) is 9.90. The Bertz CT molecular complexity index is 589. The van der Waals surface area contributed by atoms with E-state index in [4.69, 9.17) is 4.74 Å². The van der Waals surface area contributed by atoms with Gasteiger partial charge in [-0.25, -0.2) is 4.98 Å². The molecule has 2 fully saturated rings. The maximum Gasteiger partial charge on any atom is 0.191 e. The van der Waals surface area contributed by atoms with Crippen LogP contribution in [0.2, 0.25) is 0 Å². The lowest BCUT2D eigenvalue weighted by molar-refractivity contribution is -0.188. The summed E-state index contributed by atoms with van der Waals surface area (Å²) in [7, 11) is 1.84. The Kier molecular flexibility index (Phi) is 7.52. The van der Waals surface area contributed by atoms with Crippen LogP contribution in [0, 0.1) is 11.3 Å². The topological polar surface area (TPSA) is 58.5 Å². The lowest BCUT2D eigenvalue weighted by atomic mass is 9.55. The molecule has 1 aliphatic carbocycles. The van der Waals surface area contributed by atoms with E-state index in [9.17, 15) is 0 Å². The van der Waals surface area contributed by atoms with Crippen LogP contribution in [0.1, 0.15) is 43.5 Å². The van der Waals surface area contributed by atoms with Crippen molar-refractivity contribution in [2.75, 3.05) is 20.2 Å². The summed E-state index contributed by atoms with van der Waals surface area (Å²) in [6.45, 7) is 8.54. The van der Waals surface area contributed by atoms with Gasteiger partial charge in [0.25, 0.3) is 0 Å². The molecule has 25 heavy (non-hydrogen) atoms. The highest BCUT2D eigenvalue weighted by molar-refractivity contribution is 14.0. The maximum absolute atomic E-state index is 5.98. The van der Waals surface area contributed by atoms with Gasteiger partial charge in [0.1, 0.15) is 0 Å². The third kappa shape index (κ3) is 4.47. The molecule has 3 unspecified atom stereocenters. The van der Waals surface area contributed by atoms with Crippen LogP contribution in [0.15, 0.2) is 11.2 Å². The minimum atomic E-state index is 0. The first-order chi connectivity index (χ1) is 11.6. The molecule has 1 saturated heterocycles. The van der Waals surface area contributed by atoms with Crippen LogP contribution in [0.4, 0.5) is 0 Å². The fraction of sp³-hybridized carbons (Fsp3) is 0.778. The van der Waals surface area contributed by atoms with Crippen LogP contribution in [-0.4, -0.2) is 43.3 Å². The summed E-state index contributed by atoms with van der Waals surface area (Å²) in [4.78, 5) is 10.2. The van der Waals surface area contributed by atoms with Crippen LogP contribution in [0.3, 0.4) is 0 Å². The van der Waals surface area contributed by atoms with E-state index in [0.29, 0.717) is 18.1 Å². The summed E-state index contributed by atoms with van der Waals surface area (Å²) in [6, 6.07) is 0.431. The highest BCUT2D eigenvalue weighted by Gasteiger charge is 2.58. The number of aromatic nitrogens is 1. The summed E-state index contributed by atoms with van der Waals surface area (Å²) in [5.41, 5.74) is 0.161. The molecule has 0 bridgehead atoms. The highest BCUT2D eigenvalue weighted by Crippen LogP contribution is 2.51. The van der Waals surface area contributed by atoms with E-state index in [2.05, 4.69) is 41.4 Å². The van der Waals surface area contributed by atoms with Crippen molar-refractivity contribution in [1.82, 2.24) is 15.6 Å². The number of hydrogen-bond acceptors (Lipinski definition) is 4. The Morgan fingerprint density at radius 1 is 1.48 bits per heavy atom. The van der Waals surface area contributed by atoms with Gasteiger partial charge in [-0.05, 0) is 19.3 Å². The molecule has 0 amide bonds. The predicted octanol–water partition coefficient (Wildman–Crippen LogP) is 3.23. The van der Waals surface area contributed by atoms with Gasteiger partial charge in [0.05, 0.1) is 11.1 Å². The zero-order valence-electron chi connectivity index (χ0n) is 15.7. The lowest BCUT2D eigenvalue weighted by Crippen LogP contribution is -2.71. The average molecular weight is 478 g/mol. The van der Waals surface area contributed by atoms with Crippen molar-refractivity contribution in [3.8, 4) is 0 Å². The van der Waals surface area contributed by atoms with Crippen LogP contribution in [-0.2, 0) is 17.6 Å². The van der Waals surface area contributed by atoms with E-state index < -0.39 is 0 Å². The molecule has 2 N–H and O–H groups in total. The molecule has 0 aromatic carbocycles. The first kappa shape index (κ1) is 20.9. The molecule has 3 rings (SSSR count). The third-order valence-corrected chi connectivity index (χ3v) is 6.63. The lowest BCUT2D eigenvalue weighted by Gasteiger charge is -2.60. The number of aryl methyl sites for hydroxylation is 1. The zero-order chi connectivity index (χ0) is 17.2. The van der Waals surface area contributed by atoms with Gasteiger partial charge < -0.3 is 15.4 Å². The molecule has 2 heterocycles. The van der Waals surface area contributed by atoms with E-state index in [1.807, 2.05) is 24.6 Å². The fourth-order valence-electron chi connectivity index (χ4n) is 4.07. The Labute approximate surface area is 172 Å². The van der Waals surface area contributed by atoms with Crippen molar-refractivity contribution < 1.29 is 4.74 Å². The SMILES string of the molecule is CCc1cnc(CCNC(=NC)NC2C3CCCOC3C2(C)C)s1.I. The molecule has 142 valence electrons. The van der Waals surface area contributed by atoms with Crippen LogP contribution < -0.4 is 10.6 Å². The van der Waals surface area contributed by atoms with Crippen LogP contribution >= 0.6 is 35.3 Å². The number of thiazole rings is 1. The number of fused-ring (bicyclic) bond motifs is 1. The first-order valence-electron chi connectivity index (χ1n) is 9.08. The largest absolute Gasteiger partial charge is 0.377 e. The van der Waals surface area contributed by atoms with Gasteiger partial charge in [0.2, 0.25) is 0 Å². The van der Waals surface area contributed by atoms with Crippen molar-refractivity contribution in [1.29, 1.82) is 0 Å². The van der Waals surface area contributed by atoms with Crippen molar-refractivity contribution in [2.45, 2.75) is 58.6 Å². The van der Waals surface area contributed by atoms with Crippen molar-refractivity contribution >= 4 is 41.3 Å². The molecule has 7 heteroatoms. The van der Waals surface area contributed by atoms with Gasteiger partial charge in [-0.1, -0.05) is 20.8 Å². The van der Waals surface area contributed by atoms with Crippen LogP contribution in [0.25, 0.3) is 0 Å². The molecule has 2 aliphatic rings. The Morgan fingerprint density at radius 2 is 2.28 bits per heavy atom. The molecule has 0 radical (unpaired) electrons. The number of halogens is 1. The minimum absolute atomic E-state index is 0. The number of guanidine groups is 1. The van der Waals surface area contributed by atoms with Gasteiger partial charge in [0, 0.05) is 55.1 Å². The summed E-state index contributed by atoms with van der Waals surface area (Å²) in [5.74, 6) is 1.50. The fourth-order valence-corrected chi connectivity index (χ4v) is 4.93. The van der Waals surface area contributed by atoms with Crippen LogP contribution in [0.5, 0.6) is 0 Å². The van der Waals surface area contributed by atoms with E-state index in [1.54, 1.807) is 0 Å². The number of nitrogens with zero attached hydrogens (tertiary/aromatic N) is 2. The zero-order valence-corrected chi connectivity index (χ0v) is 18.8. The number of hydrogen-bond donors (Lipinski definition) is 2. The molecule has 3 atom stereocenters.